The van der Waals surface area contributed by atoms with Crippen LogP contribution in [0, 0.1) is 6.92 Å². The highest BCUT2D eigenvalue weighted by molar-refractivity contribution is 5.79. The molecule has 0 aromatic heterocycles. The fraction of sp³-hybridized carbons (Fsp3) is 0.591. The van der Waals surface area contributed by atoms with Gasteiger partial charge in [0.2, 0.25) is 0 Å². The molecule has 0 radical (unpaired) electrons. The van der Waals surface area contributed by atoms with Crippen molar-refractivity contribution in [3.05, 3.63) is 29.0 Å². The van der Waals surface area contributed by atoms with Crippen LogP contribution in [0.5, 0.6) is 11.5 Å². The van der Waals surface area contributed by atoms with E-state index in [4.69, 9.17) is 9.47 Å². The Bertz CT molecular complexity index is 748. The van der Waals surface area contributed by atoms with Gasteiger partial charge in [-0.15, -0.1) is 0 Å². The molecule has 2 amide bonds. The normalized spacial score (nSPS) is 20.9. The molecular weight excluding hydrogens is 354 g/mol. The molecule has 0 atom stereocenters. The third-order valence-electron chi connectivity index (χ3n) is 6.01. The largest absolute Gasteiger partial charge is 0.490 e. The first-order valence-electron chi connectivity index (χ1n) is 10.5. The molecule has 6 nitrogen and oxygen atoms in total. The van der Waals surface area contributed by atoms with E-state index in [1.54, 1.807) is 0 Å². The minimum Gasteiger partial charge on any atom is -0.490 e. The van der Waals surface area contributed by atoms with Crippen LogP contribution in [0.15, 0.2) is 17.8 Å². The molecule has 4 rings (SSSR count). The molecule has 1 aromatic carbocycles. The maximum Gasteiger partial charge on any atom is 0.319 e. The first-order valence-corrected chi connectivity index (χ1v) is 10.5. The number of piperidine rings is 1. The van der Waals surface area contributed by atoms with E-state index in [0.717, 1.165) is 67.1 Å². The van der Waals surface area contributed by atoms with Gasteiger partial charge in [-0.2, -0.15) is 0 Å². The lowest BCUT2D eigenvalue weighted by atomic mass is 10.0. The zero-order valence-electron chi connectivity index (χ0n) is 16.9. The first-order chi connectivity index (χ1) is 13.6. The number of benzene rings is 1. The fourth-order valence-electron chi connectivity index (χ4n) is 4.30. The molecule has 0 unspecified atom stereocenters. The SMILES string of the molecule is Cc1c(OC2CCN(C)CC2)ccc2c1OCC(NC(=O)NC1CCCC1)=C2. The van der Waals surface area contributed by atoms with Gasteiger partial charge in [0.1, 0.15) is 24.2 Å². The quantitative estimate of drug-likeness (QED) is 0.833. The maximum absolute atomic E-state index is 12.2. The smallest absolute Gasteiger partial charge is 0.319 e. The lowest BCUT2D eigenvalue weighted by molar-refractivity contribution is 0.113. The van der Waals surface area contributed by atoms with E-state index in [2.05, 4.69) is 22.6 Å². The summed E-state index contributed by atoms with van der Waals surface area (Å²) in [5.41, 5.74) is 2.80. The van der Waals surface area contributed by atoms with Gasteiger partial charge >= 0.3 is 6.03 Å². The van der Waals surface area contributed by atoms with Crippen molar-refractivity contribution in [3.8, 4) is 11.5 Å². The Labute approximate surface area is 167 Å². The third kappa shape index (κ3) is 4.43. The monoisotopic (exact) mass is 385 g/mol. The second-order valence-electron chi connectivity index (χ2n) is 8.27. The van der Waals surface area contributed by atoms with Gasteiger partial charge in [-0.1, -0.05) is 12.8 Å². The van der Waals surface area contributed by atoms with Crippen LogP contribution < -0.4 is 20.1 Å². The van der Waals surface area contributed by atoms with E-state index in [1.807, 2.05) is 25.1 Å². The summed E-state index contributed by atoms with van der Waals surface area (Å²) in [5.74, 6) is 1.75. The van der Waals surface area contributed by atoms with Crippen LogP contribution in [0.25, 0.3) is 6.08 Å². The van der Waals surface area contributed by atoms with E-state index < -0.39 is 0 Å². The van der Waals surface area contributed by atoms with Crippen LogP contribution in [0.1, 0.15) is 49.7 Å². The van der Waals surface area contributed by atoms with Gasteiger partial charge in [-0.3, -0.25) is 0 Å². The molecule has 3 aliphatic rings. The summed E-state index contributed by atoms with van der Waals surface area (Å²) in [5, 5.41) is 5.99. The van der Waals surface area contributed by atoms with E-state index in [-0.39, 0.29) is 12.1 Å². The lowest BCUT2D eigenvalue weighted by Crippen LogP contribution is -2.41. The Morgan fingerprint density at radius 3 is 2.68 bits per heavy atom. The van der Waals surface area contributed by atoms with Crippen LogP contribution in [0.2, 0.25) is 0 Å². The van der Waals surface area contributed by atoms with E-state index in [0.29, 0.717) is 12.6 Å². The summed E-state index contributed by atoms with van der Waals surface area (Å²) >= 11 is 0. The Hall–Kier alpha value is -2.21. The van der Waals surface area contributed by atoms with Crippen LogP contribution in [0.3, 0.4) is 0 Å². The highest BCUT2D eigenvalue weighted by atomic mass is 16.5. The minimum atomic E-state index is -0.135. The Kier molecular flexibility index (Phi) is 5.76. The number of hydrogen-bond donors (Lipinski definition) is 2. The third-order valence-corrected chi connectivity index (χ3v) is 6.01. The summed E-state index contributed by atoms with van der Waals surface area (Å²) in [4.78, 5) is 14.5. The van der Waals surface area contributed by atoms with Crippen molar-refractivity contribution >= 4 is 12.1 Å². The number of fused-ring (bicyclic) bond motifs is 1. The average Bonchev–Trinajstić information content (AvgIpc) is 3.18. The minimum absolute atomic E-state index is 0.135. The molecule has 152 valence electrons. The summed E-state index contributed by atoms with van der Waals surface area (Å²) in [6, 6.07) is 4.21. The molecule has 1 saturated carbocycles. The van der Waals surface area contributed by atoms with Gasteiger partial charge in [0.05, 0.1) is 5.70 Å². The zero-order valence-corrected chi connectivity index (χ0v) is 16.9. The van der Waals surface area contributed by atoms with Gasteiger partial charge in [-0.05, 0) is 57.9 Å². The first kappa shape index (κ1) is 19.1. The molecule has 6 heteroatoms. The fourth-order valence-corrected chi connectivity index (χ4v) is 4.30. The van der Waals surface area contributed by atoms with Crippen molar-refractivity contribution in [2.24, 2.45) is 0 Å². The van der Waals surface area contributed by atoms with Crippen LogP contribution in [-0.2, 0) is 0 Å². The van der Waals surface area contributed by atoms with Crippen molar-refractivity contribution in [1.29, 1.82) is 0 Å². The predicted octanol–water partition coefficient (Wildman–Crippen LogP) is 3.44. The molecule has 2 N–H and O–H groups in total. The molecule has 2 aliphatic heterocycles. The Morgan fingerprint density at radius 2 is 1.93 bits per heavy atom. The second kappa shape index (κ2) is 8.43. The number of nitrogens with zero attached hydrogens (tertiary/aromatic N) is 1. The van der Waals surface area contributed by atoms with Crippen LogP contribution in [-0.4, -0.2) is 49.8 Å². The van der Waals surface area contributed by atoms with Gasteiger partial charge in [-0.25, -0.2) is 4.79 Å². The summed E-state index contributed by atoms with van der Waals surface area (Å²) < 4.78 is 12.2. The van der Waals surface area contributed by atoms with Gasteiger partial charge in [0.25, 0.3) is 0 Å². The average molecular weight is 386 g/mol. The van der Waals surface area contributed by atoms with Crippen molar-refractivity contribution in [2.45, 2.75) is 57.6 Å². The number of rotatable bonds is 4. The van der Waals surface area contributed by atoms with Crippen LogP contribution >= 0.6 is 0 Å². The molecule has 1 saturated heterocycles. The number of carbonyl (C=O) groups excluding carboxylic acids is 1. The van der Waals surface area contributed by atoms with E-state index in [9.17, 15) is 4.79 Å². The molecule has 0 spiro atoms. The van der Waals surface area contributed by atoms with Gasteiger partial charge in [0, 0.05) is 30.3 Å². The van der Waals surface area contributed by atoms with Gasteiger partial charge in [0.15, 0.2) is 0 Å². The standard InChI is InChI=1S/C22H31N3O3/c1-15-20(28-19-9-11-25(2)12-10-19)8-7-16-13-18(14-27-21(15)16)24-22(26)23-17-5-3-4-6-17/h7-8,13,17,19H,3-6,9-12,14H2,1-2H3,(H2,23,24,26). The summed E-state index contributed by atoms with van der Waals surface area (Å²) in [6.07, 6.45) is 8.92. The van der Waals surface area contributed by atoms with Crippen LogP contribution in [0.4, 0.5) is 4.79 Å². The number of amides is 2. The number of ether oxygens (including phenoxy) is 2. The number of hydrogen-bond acceptors (Lipinski definition) is 4. The zero-order chi connectivity index (χ0) is 19.5. The van der Waals surface area contributed by atoms with Gasteiger partial charge < -0.3 is 25.0 Å². The number of likely N-dealkylation sites (tertiary alicyclic amines) is 1. The molecule has 2 fully saturated rings. The Balaban J connectivity index is 1.39. The second-order valence-corrected chi connectivity index (χ2v) is 8.27. The summed E-state index contributed by atoms with van der Waals surface area (Å²) in [6.45, 7) is 4.56. The highest BCUT2D eigenvalue weighted by Crippen LogP contribution is 2.36. The predicted molar refractivity (Wildman–Crippen MR) is 110 cm³/mol. The highest BCUT2D eigenvalue weighted by Gasteiger charge is 2.23. The van der Waals surface area contributed by atoms with Crippen molar-refractivity contribution < 1.29 is 14.3 Å². The van der Waals surface area contributed by atoms with Crippen molar-refractivity contribution in [1.82, 2.24) is 15.5 Å². The molecule has 0 bridgehead atoms. The molecule has 2 heterocycles. The van der Waals surface area contributed by atoms with E-state index >= 15 is 0 Å². The molecule has 1 aliphatic carbocycles. The summed E-state index contributed by atoms with van der Waals surface area (Å²) in [7, 11) is 2.15. The molecule has 28 heavy (non-hydrogen) atoms. The lowest BCUT2D eigenvalue weighted by Gasteiger charge is -2.30. The Morgan fingerprint density at radius 1 is 1.18 bits per heavy atom. The molecular formula is C22H31N3O3. The number of urea groups is 1. The van der Waals surface area contributed by atoms with E-state index in [1.165, 1.54) is 12.8 Å². The number of carbonyl (C=O) groups is 1. The van der Waals surface area contributed by atoms with Crippen molar-refractivity contribution in [3.63, 3.8) is 0 Å². The number of nitrogens with one attached hydrogen (secondary N) is 2. The molecule has 1 aromatic rings. The van der Waals surface area contributed by atoms with Crippen molar-refractivity contribution in [2.75, 3.05) is 26.7 Å². The maximum atomic E-state index is 12.2. The topological polar surface area (TPSA) is 62.8 Å².